The molecule has 5 heteroatoms. The molecule has 69 heavy (non-hydrogen) atoms. The number of fused-ring (bicyclic) bond motifs is 7. The van der Waals surface area contributed by atoms with E-state index in [-0.39, 0.29) is 13.4 Å². The molecule has 3 heterocycles. The van der Waals surface area contributed by atoms with Crippen molar-refractivity contribution in [2.24, 2.45) is 0 Å². The molecule has 0 spiro atoms. The summed E-state index contributed by atoms with van der Waals surface area (Å²) in [6.07, 6.45) is 0. The zero-order chi connectivity index (χ0) is 45.2. The van der Waals surface area contributed by atoms with Gasteiger partial charge in [0.2, 0.25) is 13.4 Å². The van der Waals surface area contributed by atoms with Crippen molar-refractivity contribution < 1.29 is 0 Å². The normalized spacial score (nSPS) is 14.1. The number of rotatable bonds is 5. The van der Waals surface area contributed by atoms with Crippen molar-refractivity contribution in [3.05, 3.63) is 255 Å². The van der Waals surface area contributed by atoms with Gasteiger partial charge in [-0.3, -0.25) is 0 Å². The van der Waals surface area contributed by atoms with Crippen molar-refractivity contribution in [1.82, 2.24) is 0 Å². The van der Waals surface area contributed by atoms with Gasteiger partial charge < -0.3 is 9.80 Å². The molecule has 0 fully saturated rings. The first-order valence-corrected chi connectivity index (χ1v) is 26.3. The van der Waals surface area contributed by atoms with Crippen LogP contribution in [0.15, 0.2) is 255 Å². The minimum absolute atomic E-state index is 0.00250. The number of nitrogens with zero attached hydrogens (tertiary/aromatic N) is 2. The molecule has 12 aromatic rings. The van der Waals surface area contributed by atoms with Gasteiger partial charge in [-0.1, -0.05) is 229 Å². The van der Waals surface area contributed by atoms with Crippen LogP contribution in [0.25, 0.3) is 32.3 Å². The van der Waals surface area contributed by atoms with Crippen LogP contribution >= 0.6 is 0 Å². The zero-order valence-electron chi connectivity index (χ0n) is 37.8. The second-order valence-electron chi connectivity index (χ2n) is 19.0. The molecule has 318 valence electrons. The standard InChI is InChI=1S/C64H42B2N2Si/c1-5-22-46(23-6-1)65-51-30-13-17-34-56(51)68(54-41-39-45-37-36-43-20-19-21-44-38-40-50(54)61(45)60(43)44)57-42-59-63-64(62(57)65)67(47-24-7-2-8-25-47)55-33-16-14-31-52(55)66(63)53-32-15-18-35-58(53)69(59,48-26-9-3-10-27-48)49-28-11-4-12-29-49/h1-42H. The van der Waals surface area contributed by atoms with Gasteiger partial charge in [0.1, 0.15) is 0 Å². The summed E-state index contributed by atoms with van der Waals surface area (Å²) in [5.41, 5.74) is 15.4. The summed E-state index contributed by atoms with van der Waals surface area (Å²) in [7, 11) is -3.13. The van der Waals surface area contributed by atoms with E-state index >= 15 is 0 Å². The van der Waals surface area contributed by atoms with Gasteiger partial charge in [0.25, 0.3) is 0 Å². The highest BCUT2D eigenvalue weighted by Crippen LogP contribution is 2.47. The van der Waals surface area contributed by atoms with E-state index in [4.69, 9.17) is 0 Å². The molecule has 0 amide bonds. The Morgan fingerprint density at radius 3 is 1.52 bits per heavy atom. The lowest BCUT2D eigenvalue weighted by Gasteiger charge is -2.50. The Morgan fingerprint density at radius 2 is 0.841 bits per heavy atom. The highest BCUT2D eigenvalue weighted by Gasteiger charge is 2.55. The van der Waals surface area contributed by atoms with Gasteiger partial charge >= 0.3 is 0 Å². The predicted molar refractivity (Wildman–Crippen MR) is 299 cm³/mol. The Balaban J connectivity index is 1.19. The number of hydrogen-bond donors (Lipinski definition) is 0. The molecule has 2 nitrogen and oxygen atoms in total. The van der Waals surface area contributed by atoms with Crippen molar-refractivity contribution in [2.75, 3.05) is 9.80 Å². The summed E-state index contributed by atoms with van der Waals surface area (Å²) in [5.74, 6) is 0. The highest BCUT2D eigenvalue weighted by molar-refractivity contribution is 7.27. The molecule has 0 aliphatic carbocycles. The largest absolute Gasteiger partial charge is 0.312 e. The molecule has 0 bridgehead atoms. The molecule has 0 saturated carbocycles. The Bertz CT molecular complexity index is 3940. The number of anilines is 6. The SMILES string of the molecule is c1ccc(B2c3ccccc3N(c3ccc4ccc5cccc6ccc3c4c56)c3cc4c5c(c32)N(c2ccccc2)c2ccccc2B5c2ccccc2[Si]4(c2ccccc2)c2ccccc2)cc1. The van der Waals surface area contributed by atoms with Crippen molar-refractivity contribution in [3.8, 4) is 0 Å². The van der Waals surface area contributed by atoms with Gasteiger partial charge in [0.15, 0.2) is 8.07 Å². The summed E-state index contributed by atoms with van der Waals surface area (Å²) in [6, 6.07) is 97.1. The van der Waals surface area contributed by atoms with Gasteiger partial charge in [-0.05, 0) is 106 Å². The maximum atomic E-state index is 2.71. The molecule has 0 aromatic heterocycles. The molecule has 0 unspecified atom stereocenters. The molecule has 3 aliphatic heterocycles. The van der Waals surface area contributed by atoms with Crippen LogP contribution in [0.5, 0.6) is 0 Å². The molecule has 12 aromatic carbocycles. The second kappa shape index (κ2) is 14.8. The van der Waals surface area contributed by atoms with E-state index in [1.165, 1.54) is 114 Å². The van der Waals surface area contributed by atoms with Crippen molar-refractivity contribution in [3.63, 3.8) is 0 Å². The summed E-state index contributed by atoms with van der Waals surface area (Å²) >= 11 is 0. The van der Waals surface area contributed by atoms with Crippen molar-refractivity contribution in [1.29, 1.82) is 0 Å². The first-order chi connectivity index (χ1) is 34.3. The van der Waals surface area contributed by atoms with Crippen LogP contribution in [-0.2, 0) is 0 Å². The fraction of sp³-hybridized carbons (Fsp3) is 0. The van der Waals surface area contributed by atoms with E-state index in [9.17, 15) is 0 Å². The summed E-state index contributed by atoms with van der Waals surface area (Å²) < 4.78 is 0. The van der Waals surface area contributed by atoms with Crippen LogP contribution in [0.3, 0.4) is 0 Å². The van der Waals surface area contributed by atoms with Gasteiger partial charge in [0.05, 0.1) is 5.69 Å². The van der Waals surface area contributed by atoms with E-state index in [1.54, 1.807) is 0 Å². The van der Waals surface area contributed by atoms with Crippen LogP contribution in [0, 0.1) is 0 Å². The molecule has 0 saturated heterocycles. The van der Waals surface area contributed by atoms with Crippen LogP contribution < -0.4 is 63.3 Å². The third kappa shape index (κ3) is 5.28. The first kappa shape index (κ1) is 38.7. The number of benzene rings is 12. The van der Waals surface area contributed by atoms with Gasteiger partial charge in [-0.15, -0.1) is 0 Å². The van der Waals surface area contributed by atoms with Crippen LogP contribution in [0.1, 0.15) is 0 Å². The summed E-state index contributed by atoms with van der Waals surface area (Å²) in [6.45, 7) is -0.0788. The lowest BCUT2D eigenvalue weighted by molar-refractivity contribution is 1.27. The van der Waals surface area contributed by atoms with E-state index in [0.29, 0.717) is 0 Å². The Morgan fingerprint density at radius 1 is 0.319 bits per heavy atom. The predicted octanol–water partition coefficient (Wildman–Crippen LogP) is 8.87. The Labute approximate surface area is 403 Å². The van der Waals surface area contributed by atoms with E-state index in [0.717, 1.165) is 5.69 Å². The minimum Gasteiger partial charge on any atom is -0.312 e. The van der Waals surface area contributed by atoms with Crippen molar-refractivity contribution in [2.45, 2.75) is 0 Å². The number of hydrogen-bond acceptors (Lipinski definition) is 2. The molecule has 0 N–H and O–H groups in total. The lowest BCUT2D eigenvalue weighted by Crippen LogP contribution is -2.88. The van der Waals surface area contributed by atoms with Crippen molar-refractivity contribution >= 4 is 141 Å². The number of para-hydroxylation sites is 3. The minimum atomic E-state index is -3.13. The molecule has 0 atom stereocenters. The fourth-order valence-corrected chi connectivity index (χ4v) is 18.4. The lowest BCUT2D eigenvalue weighted by atomic mass is 9.30. The average Bonchev–Trinajstić information content (AvgIpc) is 3.42. The van der Waals surface area contributed by atoms with E-state index < -0.39 is 8.07 Å². The quantitative estimate of drug-likeness (QED) is 0.126. The third-order valence-corrected chi connectivity index (χ3v) is 20.6. The fourth-order valence-electron chi connectivity index (χ4n) is 13.2. The highest BCUT2D eigenvalue weighted by atomic mass is 28.3. The second-order valence-corrected chi connectivity index (χ2v) is 22.8. The van der Waals surface area contributed by atoms with Crippen LogP contribution in [0.4, 0.5) is 34.1 Å². The molecular formula is C64H42B2N2Si. The van der Waals surface area contributed by atoms with Gasteiger partial charge in [0, 0.05) is 33.8 Å². The zero-order valence-corrected chi connectivity index (χ0v) is 38.8. The van der Waals surface area contributed by atoms with E-state index in [1.807, 2.05) is 0 Å². The van der Waals surface area contributed by atoms with Crippen LogP contribution in [0.2, 0.25) is 0 Å². The maximum Gasteiger partial charge on any atom is 0.249 e. The maximum absolute atomic E-state index is 3.13. The van der Waals surface area contributed by atoms with Gasteiger partial charge in [-0.25, -0.2) is 0 Å². The molecule has 3 aliphatic rings. The average molecular weight is 889 g/mol. The summed E-state index contributed by atoms with van der Waals surface area (Å²) in [5, 5.41) is 13.4. The smallest absolute Gasteiger partial charge is 0.249 e. The molecule has 15 rings (SSSR count). The van der Waals surface area contributed by atoms with Crippen LogP contribution in [-0.4, -0.2) is 21.5 Å². The van der Waals surface area contributed by atoms with E-state index in [2.05, 4.69) is 265 Å². The molecular weight excluding hydrogens is 846 g/mol. The first-order valence-electron chi connectivity index (χ1n) is 24.3. The Kier molecular flexibility index (Phi) is 8.31. The van der Waals surface area contributed by atoms with Gasteiger partial charge in [-0.2, -0.15) is 0 Å². The topological polar surface area (TPSA) is 6.48 Å². The summed E-state index contributed by atoms with van der Waals surface area (Å²) in [4.78, 5) is 5.32. The molecule has 0 radical (unpaired) electrons. The Hall–Kier alpha value is -8.37. The third-order valence-electron chi connectivity index (χ3n) is 15.8. The monoisotopic (exact) mass is 888 g/mol.